The summed E-state index contributed by atoms with van der Waals surface area (Å²) >= 11 is 4.73. The second-order valence-electron chi connectivity index (χ2n) is 7.76. The lowest BCUT2D eigenvalue weighted by Gasteiger charge is -2.21. The van der Waals surface area contributed by atoms with Gasteiger partial charge < -0.3 is 15.2 Å². The molecular formula is C23H26BrN5O2S. The number of carbonyl (C=O) groups is 2. The Hall–Kier alpha value is -2.65. The summed E-state index contributed by atoms with van der Waals surface area (Å²) in [5.74, 6) is 0.668. The van der Waals surface area contributed by atoms with Gasteiger partial charge in [0.25, 0.3) is 5.91 Å². The Kier molecular flexibility index (Phi) is 8.09. The molecule has 3 aromatic rings. The number of nitrogens with zero attached hydrogens (tertiary/aromatic N) is 3. The van der Waals surface area contributed by atoms with Gasteiger partial charge in [-0.15, -0.1) is 10.2 Å². The molecule has 0 bridgehead atoms. The zero-order valence-corrected chi connectivity index (χ0v) is 20.8. The number of halogens is 1. The number of anilines is 1. The van der Waals surface area contributed by atoms with Gasteiger partial charge in [0.05, 0.1) is 11.8 Å². The van der Waals surface area contributed by atoms with Gasteiger partial charge in [-0.1, -0.05) is 59.7 Å². The highest BCUT2D eigenvalue weighted by molar-refractivity contribution is 9.10. The van der Waals surface area contributed by atoms with Crippen LogP contribution in [0.3, 0.4) is 0 Å². The number of hydrogen-bond donors (Lipinski definition) is 2. The summed E-state index contributed by atoms with van der Waals surface area (Å²) in [6, 6.07) is 14.5. The fraction of sp³-hybridized carbons (Fsp3) is 0.304. The Morgan fingerprint density at radius 1 is 1.12 bits per heavy atom. The third-order valence-corrected chi connectivity index (χ3v) is 6.44. The Balaban J connectivity index is 1.66. The summed E-state index contributed by atoms with van der Waals surface area (Å²) in [5, 5.41) is 15.2. The molecule has 2 aromatic carbocycles. The smallest absolute Gasteiger partial charge is 0.251 e. The van der Waals surface area contributed by atoms with Crippen LogP contribution in [0.4, 0.5) is 5.69 Å². The van der Waals surface area contributed by atoms with Gasteiger partial charge in [0.15, 0.2) is 11.0 Å². The molecule has 0 aliphatic rings. The quantitative estimate of drug-likeness (QED) is 0.422. The van der Waals surface area contributed by atoms with Crippen molar-refractivity contribution in [1.82, 2.24) is 20.1 Å². The highest BCUT2D eigenvalue weighted by atomic mass is 79.9. The number of nitrogens with one attached hydrogen (secondary N) is 2. The van der Waals surface area contributed by atoms with Gasteiger partial charge in [0.1, 0.15) is 0 Å². The van der Waals surface area contributed by atoms with Crippen LogP contribution < -0.4 is 10.6 Å². The molecule has 0 spiro atoms. The normalized spacial score (nSPS) is 11.9. The van der Waals surface area contributed by atoms with Gasteiger partial charge in [-0.2, -0.15) is 0 Å². The fourth-order valence-electron chi connectivity index (χ4n) is 3.15. The molecule has 0 radical (unpaired) electrons. The number of hydrogen-bond acceptors (Lipinski definition) is 5. The Morgan fingerprint density at radius 3 is 2.50 bits per heavy atom. The van der Waals surface area contributed by atoms with Crippen LogP contribution in [0, 0.1) is 12.8 Å². The molecule has 7 nitrogen and oxygen atoms in total. The van der Waals surface area contributed by atoms with Gasteiger partial charge in [-0.05, 0) is 48.7 Å². The summed E-state index contributed by atoms with van der Waals surface area (Å²) < 4.78 is 2.80. The van der Waals surface area contributed by atoms with Crippen molar-refractivity contribution in [3.63, 3.8) is 0 Å². The number of thioether (sulfide) groups is 1. The van der Waals surface area contributed by atoms with Gasteiger partial charge >= 0.3 is 0 Å². The molecule has 168 valence electrons. The summed E-state index contributed by atoms with van der Waals surface area (Å²) in [6.45, 7) is 5.98. The molecule has 1 atom stereocenters. The molecule has 0 fully saturated rings. The van der Waals surface area contributed by atoms with E-state index in [9.17, 15) is 9.59 Å². The van der Waals surface area contributed by atoms with Crippen LogP contribution in [0.25, 0.3) is 0 Å². The monoisotopic (exact) mass is 515 g/mol. The second kappa shape index (κ2) is 10.8. The van der Waals surface area contributed by atoms with Crippen LogP contribution in [0.2, 0.25) is 0 Å². The van der Waals surface area contributed by atoms with E-state index < -0.39 is 0 Å². The highest BCUT2D eigenvalue weighted by Crippen LogP contribution is 2.25. The lowest BCUT2D eigenvalue weighted by molar-refractivity contribution is -0.113. The minimum atomic E-state index is -0.311. The molecule has 0 aliphatic carbocycles. The number of benzene rings is 2. The van der Waals surface area contributed by atoms with Crippen molar-refractivity contribution in [3.8, 4) is 0 Å². The van der Waals surface area contributed by atoms with E-state index in [0.29, 0.717) is 16.5 Å². The van der Waals surface area contributed by atoms with Crippen LogP contribution in [-0.2, 0) is 11.8 Å². The third-order valence-electron chi connectivity index (χ3n) is 4.93. The molecule has 0 aliphatic heterocycles. The van der Waals surface area contributed by atoms with Crippen molar-refractivity contribution in [2.75, 3.05) is 11.1 Å². The minimum Gasteiger partial charge on any atom is -0.342 e. The van der Waals surface area contributed by atoms with Crippen molar-refractivity contribution in [3.05, 3.63) is 70.0 Å². The molecule has 1 heterocycles. The van der Waals surface area contributed by atoms with Crippen molar-refractivity contribution >= 4 is 45.2 Å². The van der Waals surface area contributed by atoms with E-state index in [2.05, 4.69) is 36.8 Å². The van der Waals surface area contributed by atoms with E-state index in [0.717, 1.165) is 15.7 Å². The largest absolute Gasteiger partial charge is 0.342 e. The predicted molar refractivity (Wildman–Crippen MR) is 131 cm³/mol. The van der Waals surface area contributed by atoms with Gasteiger partial charge in [-0.25, -0.2) is 0 Å². The van der Waals surface area contributed by atoms with E-state index in [1.807, 2.05) is 68.8 Å². The standard InChI is InChI=1S/C23H26BrN5O2S/c1-14(2)20(26-22(31)16-8-6-5-7-9-16)21-27-28-23(29(21)4)32-13-19(30)25-18-11-10-17(24)12-15(18)3/h5-12,14,20H,13H2,1-4H3,(H,25,30)(H,26,31). The number of aryl methyl sites for hydroxylation is 1. The average molecular weight is 516 g/mol. The summed E-state index contributed by atoms with van der Waals surface area (Å²) in [7, 11) is 1.85. The van der Waals surface area contributed by atoms with Crippen LogP contribution in [0.5, 0.6) is 0 Å². The molecular weight excluding hydrogens is 490 g/mol. The zero-order chi connectivity index (χ0) is 23.3. The van der Waals surface area contributed by atoms with Crippen LogP contribution in [0.1, 0.15) is 41.6 Å². The SMILES string of the molecule is Cc1cc(Br)ccc1NC(=O)CSc1nnc(C(NC(=O)c2ccccc2)C(C)C)n1C. The van der Waals surface area contributed by atoms with Gasteiger partial charge in [0, 0.05) is 22.8 Å². The molecule has 0 saturated carbocycles. The first-order valence-electron chi connectivity index (χ1n) is 10.2. The van der Waals surface area contributed by atoms with E-state index in [-0.39, 0.29) is 29.5 Å². The Labute approximate surface area is 200 Å². The first-order valence-corrected chi connectivity index (χ1v) is 12.0. The van der Waals surface area contributed by atoms with Crippen molar-refractivity contribution in [1.29, 1.82) is 0 Å². The van der Waals surface area contributed by atoms with Crippen LogP contribution >= 0.6 is 27.7 Å². The van der Waals surface area contributed by atoms with Crippen LogP contribution in [0.15, 0.2) is 58.2 Å². The Morgan fingerprint density at radius 2 is 1.84 bits per heavy atom. The highest BCUT2D eigenvalue weighted by Gasteiger charge is 2.25. The van der Waals surface area contributed by atoms with Gasteiger partial charge in [0.2, 0.25) is 5.91 Å². The molecule has 1 unspecified atom stereocenters. The lowest BCUT2D eigenvalue weighted by atomic mass is 10.0. The van der Waals surface area contributed by atoms with Crippen molar-refractivity contribution < 1.29 is 9.59 Å². The maximum Gasteiger partial charge on any atom is 0.251 e. The van der Waals surface area contributed by atoms with Crippen molar-refractivity contribution in [2.24, 2.45) is 13.0 Å². The van der Waals surface area contributed by atoms with E-state index in [1.54, 1.807) is 12.1 Å². The van der Waals surface area contributed by atoms with Crippen molar-refractivity contribution in [2.45, 2.75) is 32.0 Å². The predicted octanol–water partition coefficient (Wildman–Crippen LogP) is 4.74. The van der Waals surface area contributed by atoms with E-state index >= 15 is 0 Å². The van der Waals surface area contributed by atoms with E-state index in [4.69, 9.17) is 0 Å². The number of carbonyl (C=O) groups excluding carboxylic acids is 2. The molecule has 0 saturated heterocycles. The maximum absolute atomic E-state index is 12.7. The summed E-state index contributed by atoms with van der Waals surface area (Å²) in [5.41, 5.74) is 2.35. The number of aromatic nitrogens is 3. The summed E-state index contributed by atoms with van der Waals surface area (Å²) in [4.78, 5) is 25.1. The maximum atomic E-state index is 12.7. The molecule has 2 amide bonds. The summed E-state index contributed by atoms with van der Waals surface area (Å²) in [6.07, 6.45) is 0. The third kappa shape index (κ3) is 5.98. The molecule has 3 rings (SSSR count). The molecule has 2 N–H and O–H groups in total. The minimum absolute atomic E-state index is 0.104. The number of rotatable bonds is 8. The fourth-order valence-corrected chi connectivity index (χ4v) is 4.34. The average Bonchev–Trinajstić information content (AvgIpc) is 3.12. The molecule has 9 heteroatoms. The van der Waals surface area contributed by atoms with E-state index in [1.165, 1.54) is 11.8 Å². The van der Waals surface area contributed by atoms with Gasteiger partial charge in [-0.3, -0.25) is 9.59 Å². The Bertz CT molecular complexity index is 1100. The van der Waals surface area contributed by atoms with Crippen LogP contribution in [-0.4, -0.2) is 32.3 Å². The topological polar surface area (TPSA) is 88.9 Å². The zero-order valence-electron chi connectivity index (χ0n) is 18.4. The molecule has 32 heavy (non-hydrogen) atoms. The molecule has 1 aromatic heterocycles. The first kappa shape index (κ1) is 24.0. The lowest BCUT2D eigenvalue weighted by Crippen LogP contribution is -2.33. The first-order chi connectivity index (χ1) is 15.3. The second-order valence-corrected chi connectivity index (χ2v) is 9.62. The number of amides is 2.